The van der Waals surface area contributed by atoms with Crippen LogP contribution in [0, 0.1) is 5.41 Å². The fourth-order valence-corrected chi connectivity index (χ4v) is 3.71. The molecule has 1 saturated heterocycles. The predicted molar refractivity (Wildman–Crippen MR) is 81.6 cm³/mol. The summed E-state index contributed by atoms with van der Waals surface area (Å²) < 4.78 is 42.0. The summed E-state index contributed by atoms with van der Waals surface area (Å²) in [5, 5.41) is 2.94. The highest BCUT2D eigenvalue weighted by Gasteiger charge is 2.34. The Morgan fingerprint density at radius 1 is 1.35 bits per heavy atom. The zero-order valence-corrected chi connectivity index (χ0v) is 14.1. The Balaban J connectivity index is 2.08. The van der Waals surface area contributed by atoms with Crippen LogP contribution in [0.1, 0.15) is 23.4 Å². The number of furan rings is 1. The summed E-state index contributed by atoms with van der Waals surface area (Å²) in [5.74, 6) is -0.873. The molecular formula is C14H22N2O6S. The van der Waals surface area contributed by atoms with Gasteiger partial charge in [0.15, 0.2) is 0 Å². The maximum absolute atomic E-state index is 12.3. The van der Waals surface area contributed by atoms with E-state index in [1.165, 1.54) is 19.2 Å². The second-order valence-corrected chi connectivity index (χ2v) is 7.32. The van der Waals surface area contributed by atoms with Gasteiger partial charge in [-0.05, 0) is 38.1 Å². The normalized spacial score (nSPS) is 17.8. The van der Waals surface area contributed by atoms with Crippen LogP contribution in [0.5, 0.6) is 0 Å². The average Bonchev–Trinajstić information content (AvgIpc) is 3.05. The molecule has 0 radical (unpaired) electrons. The number of esters is 1. The lowest BCUT2D eigenvalue weighted by atomic mass is 9.80. The first-order valence-corrected chi connectivity index (χ1v) is 8.78. The van der Waals surface area contributed by atoms with Crippen LogP contribution in [0.4, 0.5) is 0 Å². The molecule has 130 valence electrons. The van der Waals surface area contributed by atoms with Gasteiger partial charge in [0.1, 0.15) is 0 Å². The van der Waals surface area contributed by atoms with Crippen LogP contribution in [0.15, 0.2) is 21.6 Å². The van der Waals surface area contributed by atoms with Gasteiger partial charge >= 0.3 is 5.97 Å². The van der Waals surface area contributed by atoms with Crippen LogP contribution >= 0.6 is 0 Å². The molecule has 9 heteroatoms. The number of hydrogen-bond acceptors (Lipinski definition) is 7. The quantitative estimate of drug-likeness (QED) is 0.687. The van der Waals surface area contributed by atoms with Gasteiger partial charge in [0.2, 0.25) is 10.9 Å². The first kappa shape index (κ1) is 17.9. The number of sulfonamides is 1. The van der Waals surface area contributed by atoms with E-state index in [2.05, 4.69) is 14.8 Å². The van der Waals surface area contributed by atoms with Gasteiger partial charge in [-0.2, -0.15) is 0 Å². The molecular weight excluding hydrogens is 324 g/mol. The Bertz CT molecular complexity index is 628. The van der Waals surface area contributed by atoms with Crippen molar-refractivity contribution in [2.24, 2.45) is 5.41 Å². The average molecular weight is 346 g/mol. The summed E-state index contributed by atoms with van der Waals surface area (Å²) in [5.41, 5.74) is -0.245. The Morgan fingerprint density at radius 2 is 2.04 bits per heavy atom. The number of piperidine rings is 1. The predicted octanol–water partition coefficient (Wildman–Crippen LogP) is 0.361. The highest BCUT2D eigenvalue weighted by molar-refractivity contribution is 7.89. The third-order valence-electron chi connectivity index (χ3n) is 3.98. The molecule has 0 aromatic carbocycles. The van der Waals surface area contributed by atoms with Crippen molar-refractivity contribution in [2.75, 3.05) is 40.5 Å². The SMILES string of the molecule is COCC1(CNS(=O)(=O)c2ccc(C(=O)OC)o2)CCNCC1. The highest BCUT2D eigenvalue weighted by atomic mass is 32.2. The van der Waals surface area contributed by atoms with Gasteiger partial charge in [-0.15, -0.1) is 0 Å². The van der Waals surface area contributed by atoms with E-state index in [0.29, 0.717) is 6.61 Å². The standard InChI is InChI=1S/C14H22N2O6S/c1-20-10-14(5-7-15-8-6-14)9-16-23(18,19)12-4-3-11(22-12)13(17)21-2/h3-4,15-16H,5-10H2,1-2H3. The maximum Gasteiger partial charge on any atom is 0.374 e. The summed E-state index contributed by atoms with van der Waals surface area (Å²) in [6.07, 6.45) is 1.63. The minimum atomic E-state index is -3.84. The molecule has 1 aromatic rings. The fourth-order valence-electron chi connectivity index (χ4n) is 2.63. The number of carbonyl (C=O) groups is 1. The molecule has 0 spiro atoms. The van der Waals surface area contributed by atoms with E-state index in [1.54, 1.807) is 7.11 Å². The van der Waals surface area contributed by atoms with Gasteiger partial charge in [0.25, 0.3) is 10.0 Å². The Kier molecular flexibility index (Phi) is 5.79. The van der Waals surface area contributed by atoms with E-state index in [4.69, 9.17) is 9.15 Å². The summed E-state index contributed by atoms with van der Waals surface area (Å²) in [6, 6.07) is 2.51. The monoisotopic (exact) mass is 346 g/mol. The Hall–Kier alpha value is -1.42. The van der Waals surface area contributed by atoms with E-state index in [-0.39, 0.29) is 22.8 Å². The Morgan fingerprint density at radius 3 is 2.65 bits per heavy atom. The maximum atomic E-state index is 12.3. The second kappa shape index (κ2) is 7.43. The second-order valence-electron chi connectivity index (χ2n) is 5.62. The summed E-state index contributed by atoms with van der Waals surface area (Å²) in [7, 11) is -1.04. The van der Waals surface area contributed by atoms with Gasteiger partial charge < -0.3 is 19.2 Å². The fraction of sp³-hybridized carbons (Fsp3) is 0.643. The van der Waals surface area contributed by atoms with Gasteiger partial charge in [-0.3, -0.25) is 0 Å². The lowest BCUT2D eigenvalue weighted by Gasteiger charge is -2.36. The zero-order valence-electron chi connectivity index (χ0n) is 13.3. The molecule has 23 heavy (non-hydrogen) atoms. The molecule has 0 saturated carbocycles. The number of hydrogen-bond donors (Lipinski definition) is 2. The van der Waals surface area contributed by atoms with E-state index in [9.17, 15) is 13.2 Å². The number of nitrogens with one attached hydrogen (secondary N) is 2. The molecule has 0 amide bonds. The number of rotatable bonds is 7. The molecule has 0 unspecified atom stereocenters. The van der Waals surface area contributed by atoms with E-state index >= 15 is 0 Å². The van der Waals surface area contributed by atoms with E-state index in [0.717, 1.165) is 25.9 Å². The first-order chi connectivity index (χ1) is 10.9. The minimum Gasteiger partial charge on any atom is -0.463 e. The van der Waals surface area contributed by atoms with Crippen molar-refractivity contribution in [3.8, 4) is 0 Å². The first-order valence-electron chi connectivity index (χ1n) is 7.30. The van der Waals surface area contributed by atoms with Crippen LogP contribution in [0.3, 0.4) is 0 Å². The number of carbonyl (C=O) groups excluding carboxylic acids is 1. The lowest BCUT2D eigenvalue weighted by Crippen LogP contribution is -2.47. The minimum absolute atomic E-state index is 0.152. The number of methoxy groups -OCH3 is 2. The van der Waals surface area contributed by atoms with Gasteiger partial charge in [-0.25, -0.2) is 17.9 Å². The smallest absolute Gasteiger partial charge is 0.374 e. The molecule has 2 heterocycles. The Labute approximate surface area is 135 Å². The van der Waals surface area contributed by atoms with E-state index in [1.807, 2.05) is 0 Å². The van der Waals surface area contributed by atoms with Crippen LogP contribution in [0.2, 0.25) is 0 Å². The molecule has 0 atom stereocenters. The lowest BCUT2D eigenvalue weighted by molar-refractivity contribution is 0.0557. The van der Waals surface area contributed by atoms with Crippen molar-refractivity contribution in [1.82, 2.24) is 10.0 Å². The molecule has 1 aliphatic rings. The summed E-state index contributed by atoms with van der Waals surface area (Å²) in [6.45, 7) is 2.36. The molecule has 2 N–H and O–H groups in total. The third kappa shape index (κ3) is 4.31. The van der Waals surface area contributed by atoms with Crippen LogP contribution in [-0.4, -0.2) is 54.8 Å². The van der Waals surface area contributed by atoms with Crippen molar-refractivity contribution in [3.63, 3.8) is 0 Å². The van der Waals surface area contributed by atoms with Gasteiger partial charge in [0, 0.05) is 19.1 Å². The highest BCUT2D eigenvalue weighted by Crippen LogP contribution is 2.29. The van der Waals surface area contributed by atoms with E-state index < -0.39 is 16.0 Å². The largest absolute Gasteiger partial charge is 0.463 e. The molecule has 2 rings (SSSR count). The van der Waals surface area contributed by atoms with Crippen molar-refractivity contribution >= 4 is 16.0 Å². The zero-order chi connectivity index (χ0) is 16.9. The molecule has 0 aliphatic carbocycles. The summed E-state index contributed by atoms with van der Waals surface area (Å²) >= 11 is 0. The van der Waals surface area contributed by atoms with Crippen LogP contribution in [0.25, 0.3) is 0 Å². The molecule has 0 bridgehead atoms. The molecule has 1 aromatic heterocycles. The van der Waals surface area contributed by atoms with Crippen molar-refractivity contribution < 1.29 is 27.1 Å². The van der Waals surface area contributed by atoms with Crippen molar-refractivity contribution in [3.05, 3.63) is 17.9 Å². The van der Waals surface area contributed by atoms with Gasteiger partial charge in [-0.1, -0.05) is 0 Å². The number of ether oxygens (including phenoxy) is 2. The third-order valence-corrected chi connectivity index (χ3v) is 5.26. The van der Waals surface area contributed by atoms with Gasteiger partial charge in [0.05, 0.1) is 13.7 Å². The van der Waals surface area contributed by atoms with Crippen molar-refractivity contribution in [1.29, 1.82) is 0 Å². The van der Waals surface area contributed by atoms with Crippen LogP contribution < -0.4 is 10.0 Å². The van der Waals surface area contributed by atoms with Crippen molar-refractivity contribution in [2.45, 2.75) is 17.9 Å². The molecule has 8 nitrogen and oxygen atoms in total. The molecule has 1 fully saturated rings. The van der Waals surface area contributed by atoms with Crippen LogP contribution in [-0.2, 0) is 19.5 Å². The molecule has 1 aliphatic heterocycles. The summed E-state index contributed by atoms with van der Waals surface area (Å²) in [4.78, 5) is 11.3. The topological polar surface area (TPSA) is 107 Å².